The van der Waals surface area contributed by atoms with Gasteiger partial charge in [0.2, 0.25) is 0 Å². The number of nitrogens with zero attached hydrogens (tertiary/aromatic N) is 4. The van der Waals surface area contributed by atoms with Crippen molar-refractivity contribution in [2.45, 2.75) is 0 Å². The zero-order valence-electron chi connectivity index (χ0n) is 13.8. The van der Waals surface area contributed by atoms with Gasteiger partial charge in [0, 0.05) is 5.39 Å². The van der Waals surface area contributed by atoms with Crippen molar-refractivity contribution in [3.8, 4) is 28.6 Å². The van der Waals surface area contributed by atoms with Gasteiger partial charge >= 0.3 is 0 Å². The molecule has 0 fully saturated rings. The van der Waals surface area contributed by atoms with Gasteiger partial charge < -0.3 is 14.9 Å². The van der Waals surface area contributed by atoms with Gasteiger partial charge in [-0.3, -0.25) is 0 Å². The highest BCUT2D eigenvalue weighted by Gasteiger charge is 2.08. The first-order valence-electron chi connectivity index (χ1n) is 8.09. The molecule has 0 radical (unpaired) electrons. The highest BCUT2D eigenvalue weighted by Crippen LogP contribution is 2.23. The molecular formula is C19H16N4O3. The molecule has 0 spiro atoms. The van der Waals surface area contributed by atoms with Crippen LogP contribution >= 0.6 is 0 Å². The van der Waals surface area contributed by atoms with E-state index in [1.54, 1.807) is 35.1 Å². The van der Waals surface area contributed by atoms with Gasteiger partial charge in [0.15, 0.2) is 0 Å². The highest BCUT2D eigenvalue weighted by molar-refractivity contribution is 5.82. The molecule has 2 aromatic heterocycles. The molecule has 130 valence electrons. The van der Waals surface area contributed by atoms with Gasteiger partial charge in [-0.1, -0.05) is 11.3 Å². The van der Waals surface area contributed by atoms with Gasteiger partial charge in [-0.15, -0.1) is 5.10 Å². The van der Waals surface area contributed by atoms with Crippen molar-refractivity contribution in [1.82, 2.24) is 20.0 Å². The Kier molecular flexibility index (Phi) is 4.20. The monoisotopic (exact) mass is 348 g/mol. The van der Waals surface area contributed by atoms with Crippen molar-refractivity contribution >= 4 is 10.9 Å². The lowest BCUT2D eigenvalue weighted by molar-refractivity contribution is 0.201. The van der Waals surface area contributed by atoms with Gasteiger partial charge in [-0.05, 0) is 48.5 Å². The summed E-state index contributed by atoms with van der Waals surface area (Å²) in [4.78, 5) is 4.63. The van der Waals surface area contributed by atoms with E-state index >= 15 is 0 Å². The molecule has 2 N–H and O–H groups in total. The number of aliphatic hydroxyl groups excluding tert-OH is 1. The zero-order valence-corrected chi connectivity index (χ0v) is 13.8. The number of phenolic OH excluding ortho intramolecular Hbond substituents is 1. The number of ether oxygens (including phenoxy) is 1. The van der Waals surface area contributed by atoms with Crippen LogP contribution in [0.4, 0.5) is 0 Å². The SMILES string of the molecule is OCCOc1ccc2nc(-c3cn(-c4ccc(O)cc4)nn3)ccc2c1. The summed E-state index contributed by atoms with van der Waals surface area (Å²) in [5, 5.41) is 27.5. The van der Waals surface area contributed by atoms with E-state index < -0.39 is 0 Å². The molecule has 0 aliphatic heterocycles. The normalized spacial score (nSPS) is 11.0. The summed E-state index contributed by atoms with van der Waals surface area (Å²) < 4.78 is 7.05. The van der Waals surface area contributed by atoms with Crippen molar-refractivity contribution in [2.75, 3.05) is 13.2 Å². The van der Waals surface area contributed by atoms with Crippen LogP contribution in [0, 0.1) is 0 Å². The summed E-state index contributed by atoms with van der Waals surface area (Å²) in [7, 11) is 0. The Morgan fingerprint density at radius 3 is 2.62 bits per heavy atom. The minimum absolute atomic E-state index is 0.0219. The maximum atomic E-state index is 9.38. The third kappa shape index (κ3) is 3.20. The van der Waals surface area contributed by atoms with Crippen molar-refractivity contribution in [2.24, 2.45) is 0 Å². The van der Waals surface area contributed by atoms with Crippen LogP contribution in [0.15, 0.2) is 60.8 Å². The largest absolute Gasteiger partial charge is 0.508 e. The lowest BCUT2D eigenvalue weighted by atomic mass is 10.2. The fourth-order valence-corrected chi connectivity index (χ4v) is 2.61. The Labute approximate surface area is 149 Å². The second kappa shape index (κ2) is 6.81. The van der Waals surface area contributed by atoms with Crippen LogP contribution in [0.1, 0.15) is 0 Å². The van der Waals surface area contributed by atoms with Crippen molar-refractivity contribution in [1.29, 1.82) is 0 Å². The quantitative estimate of drug-likeness (QED) is 0.576. The second-order valence-corrected chi connectivity index (χ2v) is 5.69. The zero-order chi connectivity index (χ0) is 17.9. The minimum Gasteiger partial charge on any atom is -0.508 e. The molecule has 0 unspecified atom stereocenters. The van der Waals surface area contributed by atoms with E-state index in [4.69, 9.17) is 9.84 Å². The predicted molar refractivity (Wildman–Crippen MR) is 96.3 cm³/mol. The Hall–Kier alpha value is -3.45. The van der Waals surface area contributed by atoms with Gasteiger partial charge in [0.1, 0.15) is 23.8 Å². The summed E-state index contributed by atoms with van der Waals surface area (Å²) >= 11 is 0. The molecule has 26 heavy (non-hydrogen) atoms. The van der Waals surface area contributed by atoms with Crippen molar-refractivity contribution < 1.29 is 14.9 Å². The molecule has 0 aliphatic carbocycles. The van der Waals surface area contributed by atoms with E-state index in [1.807, 2.05) is 30.3 Å². The van der Waals surface area contributed by atoms with E-state index in [0.717, 1.165) is 16.6 Å². The van der Waals surface area contributed by atoms with E-state index in [2.05, 4.69) is 15.3 Å². The van der Waals surface area contributed by atoms with Crippen LogP contribution in [0.5, 0.6) is 11.5 Å². The average molecular weight is 348 g/mol. The summed E-state index contributed by atoms with van der Waals surface area (Å²) in [6.07, 6.45) is 1.79. The standard InChI is InChI=1S/C19H16N4O3/c24-9-10-26-16-6-8-17-13(11-16)1-7-18(20-17)19-12-23(22-21-19)14-2-4-15(25)5-3-14/h1-8,11-12,24-25H,9-10H2. The summed E-state index contributed by atoms with van der Waals surface area (Å²) in [6.45, 7) is 0.239. The van der Waals surface area contributed by atoms with Crippen molar-refractivity contribution in [3.63, 3.8) is 0 Å². The highest BCUT2D eigenvalue weighted by atomic mass is 16.5. The molecule has 0 amide bonds. The van der Waals surface area contributed by atoms with Gasteiger partial charge in [-0.25, -0.2) is 9.67 Å². The first-order chi connectivity index (χ1) is 12.7. The number of aromatic hydroxyl groups is 1. The van der Waals surface area contributed by atoms with E-state index in [1.165, 1.54) is 0 Å². The molecule has 2 aromatic carbocycles. The van der Waals surface area contributed by atoms with Gasteiger partial charge in [0.05, 0.1) is 29.7 Å². The number of phenols is 1. The van der Waals surface area contributed by atoms with E-state index in [9.17, 15) is 5.11 Å². The first-order valence-corrected chi connectivity index (χ1v) is 8.09. The van der Waals surface area contributed by atoms with Crippen LogP contribution in [-0.4, -0.2) is 43.4 Å². The van der Waals surface area contributed by atoms with Gasteiger partial charge in [-0.2, -0.15) is 0 Å². The molecule has 4 rings (SSSR count). The Morgan fingerprint density at radius 1 is 0.962 bits per heavy atom. The molecule has 0 saturated heterocycles. The van der Waals surface area contributed by atoms with Crippen LogP contribution in [0.25, 0.3) is 28.0 Å². The third-order valence-corrected chi connectivity index (χ3v) is 3.89. The molecule has 0 atom stereocenters. The van der Waals surface area contributed by atoms with Crippen LogP contribution < -0.4 is 4.74 Å². The number of fused-ring (bicyclic) bond motifs is 1. The number of aliphatic hydroxyl groups is 1. The smallest absolute Gasteiger partial charge is 0.131 e. The predicted octanol–water partition coefficient (Wildman–Crippen LogP) is 2.56. The molecular weight excluding hydrogens is 332 g/mol. The Balaban J connectivity index is 1.63. The number of rotatable bonds is 5. The molecule has 7 heteroatoms. The first kappa shape index (κ1) is 16.0. The minimum atomic E-state index is -0.0219. The second-order valence-electron chi connectivity index (χ2n) is 5.69. The molecule has 0 aliphatic rings. The topological polar surface area (TPSA) is 93.3 Å². The molecule has 7 nitrogen and oxygen atoms in total. The number of aromatic nitrogens is 4. The molecule has 0 saturated carbocycles. The maximum absolute atomic E-state index is 9.38. The number of pyridine rings is 1. The summed E-state index contributed by atoms with van der Waals surface area (Å²) in [5.41, 5.74) is 2.98. The third-order valence-electron chi connectivity index (χ3n) is 3.89. The molecule has 2 heterocycles. The number of hydrogen-bond donors (Lipinski definition) is 2. The fourth-order valence-electron chi connectivity index (χ4n) is 2.61. The van der Waals surface area contributed by atoms with Gasteiger partial charge in [0.25, 0.3) is 0 Å². The lowest BCUT2D eigenvalue weighted by Gasteiger charge is -2.06. The number of benzene rings is 2. The van der Waals surface area contributed by atoms with E-state index in [0.29, 0.717) is 17.1 Å². The fraction of sp³-hybridized carbons (Fsp3) is 0.105. The number of hydrogen-bond acceptors (Lipinski definition) is 6. The maximum Gasteiger partial charge on any atom is 0.131 e. The summed E-state index contributed by atoms with van der Waals surface area (Å²) in [5.74, 6) is 0.895. The molecule has 0 bridgehead atoms. The Bertz CT molecular complexity index is 1040. The Morgan fingerprint density at radius 2 is 1.81 bits per heavy atom. The average Bonchev–Trinajstić information content (AvgIpc) is 3.16. The molecule has 4 aromatic rings. The van der Waals surface area contributed by atoms with Crippen LogP contribution in [-0.2, 0) is 0 Å². The van der Waals surface area contributed by atoms with Crippen molar-refractivity contribution in [3.05, 3.63) is 60.8 Å². The summed E-state index contributed by atoms with van der Waals surface area (Å²) in [6, 6.07) is 16.1. The van der Waals surface area contributed by atoms with E-state index in [-0.39, 0.29) is 19.0 Å². The van der Waals surface area contributed by atoms with Crippen LogP contribution in [0.3, 0.4) is 0 Å². The lowest BCUT2D eigenvalue weighted by Crippen LogP contribution is -2.01. The van der Waals surface area contributed by atoms with Crippen LogP contribution in [0.2, 0.25) is 0 Å².